The zero-order valence-electron chi connectivity index (χ0n) is 29.1. The highest BCUT2D eigenvalue weighted by atomic mass is 15.1. The maximum absolute atomic E-state index is 4.33. The van der Waals surface area contributed by atoms with Crippen LogP contribution < -0.4 is 4.90 Å². The largest absolute Gasteiger partial charge is 0.316 e. The Morgan fingerprint density at radius 3 is 1.96 bits per heavy atom. The van der Waals surface area contributed by atoms with Gasteiger partial charge in [0.2, 0.25) is 0 Å². The predicted octanol–water partition coefficient (Wildman–Crippen LogP) is 13.9. The second-order valence-corrected chi connectivity index (χ2v) is 11.2. The number of rotatable bonds is 6. The molecule has 0 radical (unpaired) electrons. The number of allylic oxidation sites excluding steroid dienone is 10. The Morgan fingerprint density at radius 2 is 1.31 bits per heavy atom. The fraction of sp³-hybridized carbons (Fsp3) is 0.106. The lowest BCUT2D eigenvalue weighted by molar-refractivity contribution is 1.28. The molecule has 48 heavy (non-hydrogen) atoms. The van der Waals surface area contributed by atoms with Crippen LogP contribution in [-0.2, 0) is 0 Å². The molecule has 0 unspecified atom stereocenters. The zero-order chi connectivity index (χ0) is 34.5. The second kappa shape index (κ2) is 17.3. The number of fused-ring (bicyclic) bond motifs is 3. The van der Waals surface area contributed by atoms with Crippen LogP contribution in [0.2, 0.25) is 0 Å². The number of aryl methyl sites for hydroxylation is 1. The van der Waals surface area contributed by atoms with Crippen LogP contribution in [0.1, 0.15) is 49.9 Å². The van der Waals surface area contributed by atoms with Crippen molar-refractivity contribution in [2.24, 2.45) is 0 Å². The van der Waals surface area contributed by atoms with Crippen molar-refractivity contribution in [1.29, 1.82) is 0 Å². The highest BCUT2D eigenvalue weighted by molar-refractivity contribution is 6.04. The van der Waals surface area contributed by atoms with Gasteiger partial charge in [0.15, 0.2) is 0 Å². The average molecular weight is 626 g/mol. The summed E-state index contributed by atoms with van der Waals surface area (Å²) in [5.41, 5.74) is 12.9. The van der Waals surface area contributed by atoms with Gasteiger partial charge in [0, 0.05) is 22.8 Å². The van der Waals surface area contributed by atoms with Gasteiger partial charge in [0.05, 0.1) is 5.69 Å². The van der Waals surface area contributed by atoms with Gasteiger partial charge in [0.1, 0.15) is 0 Å². The first-order valence-electron chi connectivity index (χ1n) is 16.7. The predicted molar refractivity (Wildman–Crippen MR) is 216 cm³/mol. The van der Waals surface area contributed by atoms with E-state index in [9.17, 15) is 0 Å². The molecule has 0 fully saturated rings. The maximum atomic E-state index is 4.33. The van der Waals surface area contributed by atoms with Gasteiger partial charge < -0.3 is 4.90 Å². The fourth-order valence-electron chi connectivity index (χ4n) is 5.77. The van der Waals surface area contributed by atoms with E-state index in [2.05, 4.69) is 165 Å². The van der Waals surface area contributed by atoms with Crippen LogP contribution in [0.4, 0.5) is 11.4 Å². The van der Waals surface area contributed by atoms with Gasteiger partial charge in [-0.1, -0.05) is 167 Å². The van der Waals surface area contributed by atoms with Gasteiger partial charge in [-0.05, 0) is 89.4 Å². The lowest BCUT2D eigenvalue weighted by atomic mass is 9.94. The van der Waals surface area contributed by atoms with E-state index in [1.165, 1.54) is 44.2 Å². The van der Waals surface area contributed by atoms with Crippen molar-refractivity contribution in [2.45, 2.75) is 34.6 Å². The molecule has 0 N–H and O–H groups in total. The van der Waals surface area contributed by atoms with Crippen LogP contribution in [-0.4, -0.2) is 0 Å². The molecule has 0 amide bonds. The molecule has 240 valence electrons. The summed E-state index contributed by atoms with van der Waals surface area (Å²) in [7, 11) is 0. The van der Waals surface area contributed by atoms with Crippen molar-refractivity contribution in [3.05, 3.63) is 200 Å². The van der Waals surface area contributed by atoms with E-state index in [-0.39, 0.29) is 0 Å². The molecular weight excluding hydrogens is 579 g/mol. The monoisotopic (exact) mass is 625 g/mol. The van der Waals surface area contributed by atoms with Crippen molar-refractivity contribution < 1.29 is 0 Å². The molecule has 6 rings (SSSR count). The highest BCUT2D eigenvalue weighted by Crippen LogP contribution is 2.41. The van der Waals surface area contributed by atoms with Crippen LogP contribution in [0, 0.1) is 6.92 Å². The molecule has 5 aromatic carbocycles. The standard InChI is InChI=1S/C33H27N.C12H14.C2H6/c1-4-25(5-2)26-14-16-27(17-15-26)28-18-21-32-29(23-28)19-20-31-24(3)11-9-10-22-34(33(31)32)30-12-7-6-8-13-30;1-4-11(5-2)12-8-6-7-10(3)9-12;1-2/h4-23H,1,3H2,2H3;4-9H,1H2,2-3H3;1-2H3/b11-9-,22-10-,25-5+;11-5+;. The van der Waals surface area contributed by atoms with Gasteiger partial charge in [0.25, 0.3) is 0 Å². The molecule has 1 heterocycles. The SMILES string of the molecule is C=C/C(=C\C)c1ccc(-c2ccc3c4c(ccc3c2)C(=C)/C=C\C=C/N4c2ccccc2)cc1.C=C/C(=C\C)c1cccc(C)c1.CC. The van der Waals surface area contributed by atoms with Crippen LogP contribution in [0.3, 0.4) is 0 Å². The van der Waals surface area contributed by atoms with E-state index in [0.29, 0.717) is 0 Å². The van der Waals surface area contributed by atoms with Crippen LogP contribution in [0.5, 0.6) is 0 Å². The molecular formula is C47H47N. The number of hydrogen-bond acceptors (Lipinski definition) is 1. The van der Waals surface area contributed by atoms with Crippen LogP contribution in [0.15, 0.2) is 178 Å². The maximum Gasteiger partial charge on any atom is 0.0612 e. The fourth-order valence-corrected chi connectivity index (χ4v) is 5.77. The lowest BCUT2D eigenvalue weighted by Gasteiger charge is -2.27. The summed E-state index contributed by atoms with van der Waals surface area (Å²) in [6, 6.07) is 38.7. The van der Waals surface area contributed by atoms with Crippen molar-refractivity contribution >= 4 is 38.9 Å². The average Bonchev–Trinajstić information content (AvgIpc) is 3.13. The first-order chi connectivity index (χ1) is 23.5. The van der Waals surface area contributed by atoms with Crippen molar-refractivity contribution in [3.8, 4) is 11.1 Å². The van der Waals surface area contributed by atoms with Crippen molar-refractivity contribution in [3.63, 3.8) is 0 Å². The van der Waals surface area contributed by atoms with E-state index in [1.807, 2.05) is 52.0 Å². The number of hydrogen-bond donors (Lipinski definition) is 0. The summed E-state index contributed by atoms with van der Waals surface area (Å²) in [5.74, 6) is 0. The first kappa shape index (κ1) is 35.2. The topological polar surface area (TPSA) is 3.24 Å². The summed E-state index contributed by atoms with van der Waals surface area (Å²) in [4.78, 5) is 2.26. The third-order valence-corrected chi connectivity index (χ3v) is 8.22. The number of benzene rings is 5. The molecule has 1 nitrogen and oxygen atoms in total. The van der Waals surface area contributed by atoms with E-state index < -0.39 is 0 Å². The molecule has 1 aliphatic rings. The van der Waals surface area contributed by atoms with Gasteiger partial charge in [-0.3, -0.25) is 0 Å². The Kier molecular flexibility index (Phi) is 12.7. The lowest BCUT2D eigenvalue weighted by Crippen LogP contribution is -2.11. The van der Waals surface area contributed by atoms with E-state index in [4.69, 9.17) is 0 Å². The Bertz CT molecular complexity index is 2000. The Balaban J connectivity index is 0.000000313. The second-order valence-electron chi connectivity index (χ2n) is 11.2. The Morgan fingerprint density at radius 1 is 0.646 bits per heavy atom. The molecule has 1 heteroatoms. The summed E-state index contributed by atoms with van der Waals surface area (Å²) in [6.45, 7) is 22.2. The quantitative estimate of drug-likeness (QED) is 0.170. The molecule has 5 aromatic rings. The summed E-state index contributed by atoms with van der Waals surface area (Å²) >= 11 is 0. The third-order valence-electron chi connectivity index (χ3n) is 8.22. The molecule has 0 spiro atoms. The van der Waals surface area contributed by atoms with Gasteiger partial charge in [-0.15, -0.1) is 0 Å². The molecule has 0 saturated carbocycles. The molecule has 0 saturated heterocycles. The third kappa shape index (κ3) is 8.18. The van der Waals surface area contributed by atoms with E-state index >= 15 is 0 Å². The molecule has 1 aliphatic heterocycles. The Hall–Kier alpha value is -5.66. The summed E-state index contributed by atoms with van der Waals surface area (Å²) in [6.07, 6.45) is 16.2. The number of nitrogens with zero attached hydrogens (tertiary/aromatic N) is 1. The van der Waals surface area contributed by atoms with Gasteiger partial charge in [-0.25, -0.2) is 0 Å². The zero-order valence-corrected chi connectivity index (χ0v) is 29.1. The van der Waals surface area contributed by atoms with Gasteiger partial charge in [-0.2, -0.15) is 0 Å². The molecule has 0 aliphatic carbocycles. The van der Waals surface area contributed by atoms with Gasteiger partial charge >= 0.3 is 0 Å². The summed E-state index contributed by atoms with van der Waals surface area (Å²) < 4.78 is 0. The minimum atomic E-state index is 1.00. The van der Waals surface area contributed by atoms with Crippen LogP contribution >= 0.6 is 0 Å². The van der Waals surface area contributed by atoms with Crippen LogP contribution in [0.25, 0.3) is 38.6 Å². The highest BCUT2D eigenvalue weighted by Gasteiger charge is 2.17. The normalized spacial score (nSPS) is 13.9. The molecule has 0 atom stereocenters. The van der Waals surface area contributed by atoms with E-state index in [1.54, 1.807) is 0 Å². The first-order valence-corrected chi connectivity index (χ1v) is 16.7. The molecule has 0 aromatic heterocycles. The number of anilines is 2. The Labute approximate surface area is 288 Å². The van der Waals surface area contributed by atoms with Crippen molar-refractivity contribution in [2.75, 3.05) is 4.90 Å². The minimum absolute atomic E-state index is 1.00. The summed E-state index contributed by atoms with van der Waals surface area (Å²) in [5, 5.41) is 2.40. The molecule has 0 bridgehead atoms. The van der Waals surface area contributed by atoms with Crippen molar-refractivity contribution in [1.82, 2.24) is 0 Å². The number of para-hydroxylation sites is 1. The minimum Gasteiger partial charge on any atom is -0.316 e. The smallest absolute Gasteiger partial charge is 0.0612 e. The van der Waals surface area contributed by atoms with E-state index in [0.717, 1.165) is 28.1 Å².